The minimum Gasteiger partial charge on any atom is -0.497 e. The van der Waals surface area contributed by atoms with Crippen molar-refractivity contribution in [2.24, 2.45) is 5.92 Å². The Bertz CT molecular complexity index is 339. The van der Waals surface area contributed by atoms with Gasteiger partial charge in [-0.3, -0.25) is 0 Å². The van der Waals surface area contributed by atoms with Crippen LogP contribution in [0.5, 0.6) is 11.5 Å². The maximum atomic E-state index is 5.69. The van der Waals surface area contributed by atoms with Crippen LogP contribution in [0.1, 0.15) is 33.1 Å². The van der Waals surface area contributed by atoms with Gasteiger partial charge in [0.05, 0.1) is 13.7 Å². The SMILES string of the molecule is COc1cccc(OCCCCCNCC(C)C)c1. The predicted octanol–water partition coefficient (Wildman–Crippen LogP) is 3.49. The number of hydrogen-bond donors (Lipinski definition) is 1. The second-order valence-corrected chi connectivity index (χ2v) is 5.19. The average molecular weight is 265 g/mol. The van der Waals surface area contributed by atoms with Gasteiger partial charge in [0.2, 0.25) is 0 Å². The molecule has 0 saturated carbocycles. The van der Waals surface area contributed by atoms with Gasteiger partial charge in [-0.1, -0.05) is 19.9 Å². The van der Waals surface area contributed by atoms with Crippen LogP contribution < -0.4 is 14.8 Å². The molecule has 0 aliphatic heterocycles. The summed E-state index contributed by atoms with van der Waals surface area (Å²) in [5.41, 5.74) is 0. The Labute approximate surface area is 117 Å². The maximum absolute atomic E-state index is 5.69. The Kier molecular flexibility index (Phi) is 8.07. The lowest BCUT2D eigenvalue weighted by atomic mass is 10.2. The van der Waals surface area contributed by atoms with Crippen molar-refractivity contribution in [3.63, 3.8) is 0 Å². The van der Waals surface area contributed by atoms with Gasteiger partial charge in [-0.05, 0) is 50.4 Å². The predicted molar refractivity (Wildman–Crippen MR) is 80.0 cm³/mol. The van der Waals surface area contributed by atoms with Crippen molar-refractivity contribution in [3.8, 4) is 11.5 Å². The molecule has 0 aromatic heterocycles. The van der Waals surface area contributed by atoms with Gasteiger partial charge in [-0.15, -0.1) is 0 Å². The number of hydrogen-bond acceptors (Lipinski definition) is 3. The Morgan fingerprint density at radius 3 is 2.63 bits per heavy atom. The number of benzene rings is 1. The third kappa shape index (κ3) is 7.73. The van der Waals surface area contributed by atoms with Gasteiger partial charge in [0.15, 0.2) is 0 Å². The highest BCUT2D eigenvalue weighted by Crippen LogP contribution is 2.18. The normalized spacial score (nSPS) is 10.7. The number of nitrogens with one attached hydrogen (secondary N) is 1. The summed E-state index contributed by atoms with van der Waals surface area (Å²) in [6.45, 7) is 7.46. The minimum absolute atomic E-state index is 0.733. The van der Waals surface area contributed by atoms with Crippen molar-refractivity contribution in [2.75, 3.05) is 26.8 Å². The zero-order valence-electron chi connectivity index (χ0n) is 12.4. The van der Waals surface area contributed by atoms with E-state index < -0.39 is 0 Å². The zero-order valence-corrected chi connectivity index (χ0v) is 12.4. The molecule has 0 aliphatic carbocycles. The largest absolute Gasteiger partial charge is 0.497 e. The molecular weight excluding hydrogens is 238 g/mol. The molecule has 0 aliphatic rings. The van der Waals surface area contributed by atoms with Crippen LogP contribution in [0.25, 0.3) is 0 Å². The van der Waals surface area contributed by atoms with Crippen LogP contribution in [-0.4, -0.2) is 26.8 Å². The van der Waals surface area contributed by atoms with Crippen molar-refractivity contribution in [2.45, 2.75) is 33.1 Å². The quantitative estimate of drug-likeness (QED) is 0.657. The third-order valence-corrected chi connectivity index (χ3v) is 2.86. The van der Waals surface area contributed by atoms with E-state index in [9.17, 15) is 0 Å². The van der Waals surface area contributed by atoms with E-state index >= 15 is 0 Å². The van der Waals surface area contributed by atoms with Crippen LogP contribution in [0.2, 0.25) is 0 Å². The van der Waals surface area contributed by atoms with E-state index in [-0.39, 0.29) is 0 Å². The monoisotopic (exact) mass is 265 g/mol. The van der Waals surface area contributed by atoms with Crippen molar-refractivity contribution < 1.29 is 9.47 Å². The van der Waals surface area contributed by atoms with E-state index in [0.29, 0.717) is 0 Å². The molecular formula is C16H27NO2. The second kappa shape index (κ2) is 9.68. The molecule has 0 unspecified atom stereocenters. The van der Waals surface area contributed by atoms with Crippen molar-refractivity contribution in [1.82, 2.24) is 5.32 Å². The average Bonchev–Trinajstić information content (AvgIpc) is 2.41. The summed E-state index contributed by atoms with van der Waals surface area (Å²) >= 11 is 0. The van der Waals surface area contributed by atoms with Gasteiger partial charge in [-0.25, -0.2) is 0 Å². The minimum atomic E-state index is 0.733. The van der Waals surface area contributed by atoms with Crippen LogP contribution in [0.15, 0.2) is 24.3 Å². The fraction of sp³-hybridized carbons (Fsp3) is 0.625. The molecule has 1 aromatic rings. The summed E-state index contributed by atoms with van der Waals surface area (Å²) in [5, 5.41) is 3.45. The summed E-state index contributed by atoms with van der Waals surface area (Å²) in [5.74, 6) is 2.46. The number of unbranched alkanes of at least 4 members (excludes halogenated alkanes) is 2. The highest BCUT2D eigenvalue weighted by molar-refractivity contribution is 5.32. The molecule has 108 valence electrons. The molecule has 0 bridgehead atoms. The van der Waals surface area contributed by atoms with Gasteiger partial charge < -0.3 is 14.8 Å². The topological polar surface area (TPSA) is 30.5 Å². The van der Waals surface area contributed by atoms with Crippen molar-refractivity contribution >= 4 is 0 Å². The third-order valence-electron chi connectivity index (χ3n) is 2.86. The number of rotatable bonds is 10. The second-order valence-electron chi connectivity index (χ2n) is 5.19. The lowest BCUT2D eigenvalue weighted by Crippen LogP contribution is -2.20. The highest BCUT2D eigenvalue weighted by atomic mass is 16.5. The first-order valence-corrected chi connectivity index (χ1v) is 7.20. The van der Waals surface area contributed by atoms with E-state index in [1.807, 2.05) is 24.3 Å². The molecule has 0 saturated heterocycles. The Morgan fingerprint density at radius 2 is 1.89 bits per heavy atom. The molecule has 1 N–H and O–H groups in total. The summed E-state index contributed by atoms with van der Waals surface area (Å²) < 4.78 is 10.9. The Morgan fingerprint density at radius 1 is 1.11 bits per heavy atom. The first-order valence-electron chi connectivity index (χ1n) is 7.20. The summed E-state index contributed by atoms with van der Waals surface area (Å²) in [6.07, 6.45) is 3.52. The molecule has 0 atom stereocenters. The van der Waals surface area contributed by atoms with Crippen LogP contribution in [0, 0.1) is 5.92 Å². The van der Waals surface area contributed by atoms with Crippen molar-refractivity contribution in [3.05, 3.63) is 24.3 Å². The number of ether oxygens (including phenoxy) is 2. The molecule has 0 radical (unpaired) electrons. The fourth-order valence-electron chi connectivity index (χ4n) is 1.80. The Balaban J connectivity index is 2.01. The zero-order chi connectivity index (χ0) is 13.9. The van der Waals surface area contributed by atoms with Gasteiger partial charge >= 0.3 is 0 Å². The molecule has 0 amide bonds. The molecule has 3 nitrogen and oxygen atoms in total. The molecule has 0 heterocycles. The van der Waals surface area contributed by atoms with E-state index in [0.717, 1.165) is 43.5 Å². The lowest BCUT2D eigenvalue weighted by molar-refractivity contribution is 0.302. The molecule has 0 spiro atoms. The van der Waals surface area contributed by atoms with Crippen LogP contribution in [0.3, 0.4) is 0 Å². The van der Waals surface area contributed by atoms with Gasteiger partial charge in [0.25, 0.3) is 0 Å². The van der Waals surface area contributed by atoms with Crippen LogP contribution in [0.4, 0.5) is 0 Å². The van der Waals surface area contributed by atoms with E-state index in [1.165, 1.54) is 12.8 Å². The maximum Gasteiger partial charge on any atom is 0.122 e. The fourth-order valence-corrected chi connectivity index (χ4v) is 1.80. The van der Waals surface area contributed by atoms with Crippen molar-refractivity contribution in [1.29, 1.82) is 0 Å². The molecule has 0 fully saturated rings. The molecule has 3 heteroatoms. The van der Waals surface area contributed by atoms with Crippen LogP contribution in [-0.2, 0) is 0 Å². The Hall–Kier alpha value is -1.22. The van der Waals surface area contributed by atoms with Gasteiger partial charge in [0, 0.05) is 6.07 Å². The highest BCUT2D eigenvalue weighted by Gasteiger charge is 1.97. The van der Waals surface area contributed by atoms with E-state index in [1.54, 1.807) is 7.11 Å². The first-order chi connectivity index (χ1) is 9.22. The van der Waals surface area contributed by atoms with Crippen LogP contribution >= 0.6 is 0 Å². The number of methoxy groups -OCH3 is 1. The molecule has 1 rings (SSSR count). The lowest BCUT2D eigenvalue weighted by Gasteiger charge is -2.08. The van der Waals surface area contributed by atoms with Gasteiger partial charge in [-0.2, -0.15) is 0 Å². The molecule has 19 heavy (non-hydrogen) atoms. The first kappa shape index (κ1) is 15.8. The smallest absolute Gasteiger partial charge is 0.122 e. The summed E-state index contributed by atoms with van der Waals surface area (Å²) in [7, 11) is 1.67. The van der Waals surface area contributed by atoms with E-state index in [2.05, 4.69) is 19.2 Å². The summed E-state index contributed by atoms with van der Waals surface area (Å²) in [4.78, 5) is 0. The molecule has 1 aromatic carbocycles. The standard InChI is InChI=1S/C16H27NO2/c1-14(2)13-17-10-5-4-6-11-19-16-9-7-8-15(12-16)18-3/h7-9,12,14,17H,4-6,10-11,13H2,1-3H3. The van der Waals surface area contributed by atoms with Gasteiger partial charge in [0.1, 0.15) is 11.5 Å². The summed E-state index contributed by atoms with van der Waals surface area (Å²) in [6, 6.07) is 7.76. The van der Waals surface area contributed by atoms with E-state index in [4.69, 9.17) is 9.47 Å².